The van der Waals surface area contributed by atoms with Crippen molar-refractivity contribution in [2.45, 2.75) is 64.0 Å². The predicted octanol–water partition coefficient (Wildman–Crippen LogP) is 11.1. The number of aryl methyl sites for hydroxylation is 1. The van der Waals surface area contributed by atoms with Crippen LogP contribution in [0.3, 0.4) is 0 Å². The number of fused-ring (bicyclic) bond motifs is 4. The minimum Gasteiger partial charge on any atom is -0.423 e. The van der Waals surface area contributed by atoms with Gasteiger partial charge in [0, 0.05) is 43.3 Å². The van der Waals surface area contributed by atoms with Gasteiger partial charge in [0.05, 0.1) is 4.90 Å². The Bertz CT molecular complexity index is 2890. The van der Waals surface area contributed by atoms with Gasteiger partial charge in [0.25, 0.3) is 0 Å². The number of nitrogens with zero attached hydrogens (tertiary/aromatic N) is 1. The van der Waals surface area contributed by atoms with Crippen molar-refractivity contribution in [1.82, 2.24) is 0 Å². The first kappa shape index (κ1) is 45.6. The van der Waals surface area contributed by atoms with E-state index in [4.69, 9.17) is 10.0 Å². The highest BCUT2D eigenvalue weighted by Crippen LogP contribution is 2.41. The van der Waals surface area contributed by atoms with E-state index in [1.54, 1.807) is 35.7 Å². The molecular weight excluding hydrogens is 862 g/mol. The summed E-state index contributed by atoms with van der Waals surface area (Å²) in [5.74, 6) is -3.00. The maximum absolute atomic E-state index is 13.5. The van der Waals surface area contributed by atoms with Crippen LogP contribution in [0.1, 0.15) is 64.3 Å². The van der Waals surface area contributed by atoms with Crippen LogP contribution >= 0.6 is 23.5 Å². The van der Waals surface area contributed by atoms with E-state index < -0.39 is 40.2 Å². The SMILES string of the molecule is CC(=NCS(=O)(=O)c1ccc(C)cc1)c1ccc2c(c1)Cc1ccccc1S2.CC(c1cc(F)cc(F)c1)c1ccc2c(c1)Cc1ccccc1S2.OB(O)c1cc(F)cc(F)c1. The van der Waals surface area contributed by atoms with Crippen molar-refractivity contribution in [3.63, 3.8) is 0 Å². The van der Waals surface area contributed by atoms with Crippen LogP contribution in [0.4, 0.5) is 17.6 Å². The molecule has 0 spiro atoms. The number of hydrogen-bond acceptors (Lipinski definition) is 7. The number of sulfone groups is 1. The van der Waals surface area contributed by atoms with Gasteiger partial charge in [-0.1, -0.05) is 103 Å². The standard InChI is InChI=1S/C23H21NO2S2.C21H16F2S.C6H5BF2O2/c1-16-7-10-21(11-8-16)28(25,26)15-24-17(2)18-9-12-23-20(13-18)14-19-5-3-4-6-22(19)27-23;1-13(16-10-18(22)12-19(23)11-16)14-6-7-21-17(8-14)9-15-4-2-3-5-20(15)24-21;8-5-1-4(7(10)11)2-6(9)3-5/h3-13H,14-15H2,1-2H3;2-8,10-13H,9H2,1H3;1-3,10-11H. The molecule has 1 unspecified atom stereocenters. The van der Waals surface area contributed by atoms with Crippen LogP contribution in [0.25, 0.3) is 0 Å². The van der Waals surface area contributed by atoms with Gasteiger partial charge in [-0.3, -0.25) is 4.99 Å². The number of aliphatic imine (C=N–C) groups is 1. The maximum atomic E-state index is 13.5. The second-order valence-corrected chi connectivity index (χ2v) is 19.4. The molecule has 0 radical (unpaired) electrons. The Hall–Kier alpha value is -5.44. The van der Waals surface area contributed by atoms with Crippen molar-refractivity contribution in [3.8, 4) is 0 Å². The molecule has 63 heavy (non-hydrogen) atoms. The summed E-state index contributed by atoms with van der Waals surface area (Å²) in [6, 6.07) is 42.5. The van der Waals surface area contributed by atoms with Gasteiger partial charge in [0.15, 0.2) is 9.84 Å². The third-order valence-corrected chi connectivity index (χ3v) is 14.6. The molecule has 5 nitrogen and oxygen atoms in total. The van der Waals surface area contributed by atoms with E-state index >= 15 is 0 Å². The van der Waals surface area contributed by atoms with E-state index in [0.29, 0.717) is 16.5 Å². The lowest BCUT2D eigenvalue weighted by Gasteiger charge is -2.21. The molecule has 0 saturated carbocycles. The van der Waals surface area contributed by atoms with Gasteiger partial charge in [0.2, 0.25) is 0 Å². The summed E-state index contributed by atoms with van der Waals surface area (Å²) < 4.78 is 76.7. The summed E-state index contributed by atoms with van der Waals surface area (Å²) in [6.07, 6.45) is 1.79. The van der Waals surface area contributed by atoms with E-state index in [0.717, 1.165) is 53.4 Å². The molecule has 13 heteroatoms. The second-order valence-electron chi connectivity index (χ2n) is 15.3. The number of benzene rings is 7. The molecule has 0 fully saturated rings. The molecule has 9 rings (SSSR count). The molecule has 0 aromatic heterocycles. The Labute approximate surface area is 374 Å². The second kappa shape index (κ2) is 19.9. The van der Waals surface area contributed by atoms with Gasteiger partial charge in [-0.15, -0.1) is 0 Å². The van der Waals surface area contributed by atoms with E-state index in [1.165, 1.54) is 54.0 Å². The first-order chi connectivity index (χ1) is 30.1. The average Bonchev–Trinajstić information content (AvgIpc) is 3.26. The molecule has 7 aromatic rings. The predicted molar refractivity (Wildman–Crippen MR) is 245 cm³/mol. The largest absolute Gasteiger partial charge is 0.488 e. The van der Waals surface area contributed by atoms with Crippen molar-refractivity contribution in [2.75, 3.05) is 5.88 Å². The number of halogens is 4. The fourth-order valence-corrected chi connectivity index (χ4v) is 10.3. The summed E-state index contributed by atoms with van der Waals surface area (Å²) in [6.45, 7) is 5.79. The Balaban J connectivity index is 0.000000154. The van der Waals surface area contributed by atoms with Gasteiger partial charge in [0.1, 0.15) is 29.1 Å². The molecule has 2 heterocycles. The van der Waals surface area contributed by atoms with Crippen molar-refractivity contribution >= 4 is 51.7 Å². The van der Waals surface area contributed by atoms with Crippen molar-refractivity contribution in [1.29, 1.82) is 0 Å². The molecular formula is C50H42BF4NO4S3. The molecule has 0 amide bonds. The lowest BCUT2D eigenvalue weighted by Crippen LogP contribution is -2.30. The van der Waals surface area contributed by atoms with Crippen molar-refractivity contribution in [3.05, 3.63) is 213 Å². The van der Waals surface area contributed by atoms with Crippen LogP contribution < -0.4 is 5.46 Å². The molecule has 320 valence electrons. The highest BCUT2D eigenvalue weighted by atomic mass is 32.2. The summed E-state index contributed by atoms with van der Waals surface area (Å²) in [5.41, 5.74) is 9.49. The van der Waals surface area contributed by atoms with Crippen LogP contribution in [-0.2, 0) is 22.7 Å². The highest BCUT2D eigenvalue weighted by molar-refractivity contribution is 7.99. The lowest BCUT2D eigenvalue weighted by atomic mass is 9.80. The van der Waals surface area contributed by atoms with E-state index in [2.05, 4.69) is 83.9 Å². The van der Waals surface area contributed by atoms with E-state index in [1.807, 2.05) is 39.0 Å². The Morgan fingerprint density at radius 3 is 1.67 bits per heavy atom. The summed E-state index contributed by atoms with van der Waals surface area (Å²) in [7, 11) is -5.26. The van der Waals surface area contributed by atoms with Crippen LogP contribution in [0.5, 0.6) is 0 Å². The Morgan fingerprint density at radius 1 is 0.619 bits per heavy atom. The van der Waals surface area contributed by atoms with Crippen molar-refractivity contribution < 1.29 is 36.0 Å². The Kier molecular flexibility index (Phi) is 14.4. The minimum absolute atomic E-state index is 0.0531. The monoisotopic (exact) mass is 903 g/mol. The molecule has 2 aliphatic rings. The van der Waals surface area contributed by atoms with Crippen LogP contribution in [0, 0.1) is 30.2 Å². The summed E-state index contributed by atoms with van der Waals surface area (Å²) in [4.78, 5) is 9.81. The topological polar surface area (TPSA) is 87.0 Å². The summed E-state index contributed by atoms with van der Waals surface area (Å²) in [5, 5.41) is 17.0. The minimum atomic E-state index is -3.43. The molecule has 1 atom stereocenters. The van der Waals surface area contributed by atoms with Gasteiger partial charge in [-0.25, -0.2) is 26.0 Å². The number of hydrogen-bond donors (Lipinski definition) is 2. The van der Waals surface area contributed by atoms with Crippen molar-refractivity contribution in [2.24, 2.45) is 4.99 Å². The fraction of sp³-hybridized carbons (Fsp3) is 0.140. The molecule has 0 bridgehead atoms. The van der Waals surface area contributed by atoms with Gasteiger partial charge >= 0.3 is 7.12 Å². The molecule has 7 aromatic carbocycles. The summed E-state index contributed by atoms with van der Waals surface area (Å²) >= 11 is 3.57. The number of rotatable bonds is 7. The molecule has 2 N–H and O–H groups in total. The van der Waals surface area contributed by atoms with Gasteiger partial charge < -0.3 is 10.0 Å². The quantitative estimate of drug-likeness (QED) is 0.0941. The maximum Gasteiger partial charge on any atom is 0.488 e. The van der Waals surface area contributed by atoms with Crippen LogP contribution in [-0.4, -0.2) is 37.2 Å². The van der Waals surface area contributed by atoms with Crippen LogP contribution in [0.15, 0.2) is 175 Å². The zero-order valence-corrected chi connectivity index (χ0v) is 37.0. The van der Waals surface area contributed by atoms with E-state index in [-0.39, 0.29) is 17.3 Å². The molecule has 0 aliphatic carbocycles. The average molecular weight is 904 g/mol. The zero-order chi connectivity index (χ0) is 44.8. The first-order valence-electron chi connectivity index (χ1n) is 20.0. The first-order valence-corrected chi connectivity index (χ1v) is 23.3. The fourth-order valence-electron chi connectivity index (χ4n) is 7.13. The third-order valence-electron chi connectivity index (χ3n) is 10.6. The van der Waals surface area contributed by atoms with Crippen LogP contribution in [0.2, 0.25) is 0 Å². The highest BCUT2D eigenvalue weighted by Gasteiger charge is 2.20. The normalized spacial score (nSPS) is 13.1. The zero-order valence-electron chi connectivity index (χ0n) is 34.5. The van der Waals surface area contributed by atoms with Gasteiger partial charge in [-0.2, -0.15) is 0 Å². The molecule has 2 aliphatic heterocycles. The molecule has 0 saturated heterocycles. The Morgan fingerprint density at radius 2 is 1.11 bits per heavy atom. The van der Waals surface area contributed by atoms with E-state index in [9.17, 15) is 26.0 Å². The van der Waals surface area contributed by atoms with Gasteiger partial charge in [-0.05, 0) is 138 Å². The third kappa shape index (κ3) is 11.6. The smallest absolute Gasteiger partial charge is 0.423 e. The lowest BCUT2D eigenvalue weighted by molar-refractivity contribution is 0.425.